The minimum absolute atomic E-state index is 0.223. The van der Waals surface area contributed by atoms with Crippen LogP contribution in [0.25, 0.3) is 0 Å². The molecule has 0 aliphatic carbocycles. The van der Waals surface area contributed by atoms with Crippen LogP contribution >= 0.6 is 0 Å². The van der Waals surface area contributed by atoms with Gasteiger partial charge in [-0.25, -0.2) is 8.42 Å². The number of ether oxygens (including phenoxy) is 1. The maximum Gasteiger partial charge on any atom is 0.155 e. The van der Waals surface area contributed by atoms with Crippen LogP contribution in [0.1, 0.15) is 31.0 Å². The number of nitrogens with two attached hydrogens (primary N) is 1. The van der Waals surface area contributed by atoms with Crippen molar-refractivity contribution >= 4 is 9.84 Å². The fourth-order valence-corrected chi connectivity index (χ4v) is 4.40. The van der Waals surface area contributed by atoms with Crippen molar-refractivity contribution in [1.82, 2.24) is 4.98 Å². The number of methoxy groups -OCH3 is 1. The molecule has 2 heterocycles. The van der Waals surface area contributed by atoms with E-state index < -0.39 is 21.1 Å². The molecule has 0 spiro atoms. The Hall–Kier alpha value is -1.14. The molecule has 18 heavy (non-hydrogen) atoms. The summed E-state index contributed by atoms with van der Waals surface area (Å²) in [5.41, 5.74) is 6.62. The summed E-state index contributed by atoms with van der Waals surface area (Å²) in [7, 11) is -1.59. The molecule has 2 N–H and O–H groups in total. The van der Waals surface area contributed by atoms with Crippen molar-refractivity contribution in [2.75, 3.05) is 12.9 Å². The van der Waals surface area contributed by atoms with Crippen LogP contribution in [0.5, 0.6) is 5.75 Å². The van der Waals surface area contributed by atoms with Crippen molar-refractivity contribution < 1.29 is 13.2 Å². The highest BCUT2D eigenvalue weighted by Gasteiger charge is 2.36. The number of pyridine rings is 1. The summed E-state index contributed by atoms with van der Waals surface area (Å²) in [6, 6.07) is 2.87. The predicted octanol–water partition coefficient (Wildman–Crippen LogP) is 1.06. The van der Waals surface area contributed by atoms with Gasteiger partial charge in [-0.2, -0.15) is 0 Å². The van der Waals surface area contributed by atoms with Crippen LogP contribution in [0.2, 0.25) is 0 Å². The third-order valence-corrected chi connectivity index (χ3v) is 5.67. The van der Waals surface area contributed by atoms with E-state index in [2.05, 4.69) is 4.98 Å². The van der Waals surface area contributed by atoms with Crippen molar-refractivity contribution in [1.29, 1.82) is 0 Å². The minimum Gasteiger partial charge on any atom is -0.495 e. The van der Waals surface area contributed by atoms with E-state index in [4.69, 9.17) is 10.5 Å². The van der Waals surface area contributed by atoms with Crippen molar-refractivity contribution in [3.8, 4) is 5.75 Å². The minimum atomic E-state index is -3.12. The lowest BCUT2D eigenvalue weighted by molar-refractivity contribution is 0.397. The first kappa shape index (κ1) is 13.3. The summed E-state index contributed by atoms with van der Waals surface area (Å²) in [5, 5.41) is -0.546. The lowest BCUT2D eigenvalue weighted by atomic mass is 10.0. The normalized spacial score (nSPS) is 24.4. The molecule has 0 amide bonds. The number of aromatic nitrogens is 1. The van der Waals surface area contributed by atoms with Crippen LogP contribution < -0.4 is 10.5 Å². The molecule has 1 aliphatic rings. The van der Waals surface area contributed by atoms with Crippen LogP contribution in [0.3, 0.4) is 0 Å². The van der Waals surface area contributed by atoms with Gasteiger partial charge in [0.05, 0.1) is 24.2 Å². The Balaban J connectivity index is 2.33. The van der Waals surface area contributed by atoms with Gasteiger partial charge >= 0.3 is 0 Å². The van der Waals surface area contributed by atoms with Crippen molar-refractivity contribution in [2.24, 2.45) is 5.73 Å². The summed E-state index contributed by atoms with van der Waals surface area (Å²) < 4.78 is 29.3. The van der Waals surface area contributed by atoms with E-state index in [9.17, 15) is 8.42 Å². The Labute approximate surface area is 107 Å². The van der Waals surface area contributed by atoms with Crippen molar-refractivity contribution in [3.05, 3.63) is 24.0 Å². The van der Waals surface area contributed by atoms with E-state index in [-0.39, 0.29) is 5.75 Å². The molecule has 2 rings (SSSR count). The predicted molar refractivity (Wildman–Crippen MR) is 69.1 cm³/mol. The standard InChI is InChI=1S/C12H18N2O3S/c1-17-9-5-4-7-14-12(9)11(13)10-6-2-3-8-18(10,15)16/h4-5,7,10-11H,2-3,6,8,13H2,1H3. The molecule has 1 aromatic heterocycles. The highest BCUT2D eigenvalue weighted by atomic mass is 32.2. The quantitative estimate of drug-likeness (QED) is 0.888. The smallest absolute Gasteiger partial charge is 0.155 e. The second-order valence-electron chi connectivity index (χ2n) is 4.52. The third kappa shape index (κ3) is 2.49. The molecule has 0 aromatic carbocycles. The lowest BCUT2D eigenvalue weighted by Gasteiger charge is -2.27. The largest absolute Gasteiger partial charge is 0.495 e. The molecular weight excluding hydrogens is 252 g/mol. The number of nitrogens with zero attached hydrogens (tertiary/aromatic N) is 1. The maximum atomic E-state index is 12.0. The van der Waals surface area contributed by atoms with Crippen LogP contribution in [-0.4, -0.2) is 31.5 Å². The molecule has 1 saturated heterocycles. The molecule has 5 nitrogen and oxygen atoms in total. The summed E-state index contributed by atoms with van der Waals surface area (Å²) in [5.74, 6) is 0.770. The zero-order valence-electron chi connectivity index (χ0n) is 10.4. The molecule has 0 bridgehead atoms. The van der Waals surface area contributed by atoms with E-state index >= 15 is 0 Å². The Bertz CT molecular complexity index is 516. The van der Waals surface area contributed by atoms with Gasteiger partial charge in [0.1, 0.15) is 11.4 Å². The second kappa shape index (κ2) is 5.24. The molecule has 6 heteroatoms. The number of sulfone groups is 1. The lowest BCUT2D eigenvalue weighted by Crippen LogP contribution is -2.38. The van der Waals surface area contributed by atoms with Gasteiger partial charge in [-0.05, 0) is 25.0 Å². The van der Waals surface area contributed by atoms with Crippen LogP contribution in [-0.2, 0) is 9.84 Å². The third-order valence-electron chi connectivity index (χ3n) is 3.36. The van der Waals surface area contributed by atoms with Gasteiger partial charge < -0.3 is 10.5 Å². The van der Waals surface area contributed by atoms with E-state index in [1.165, 1.54) is 7.11 Å². The van der Waals surface area contributed by atoms with Crippen molar-refractivity contribution in [2.45, 2.75) is 30.6 Å². The van der Waals surface area contributed by atoms with Gasteiger partial charge in [0.25, 0.3) is 0 Å². The molecule has 2 unspecified atom stereocenters. The zero-order chi connectivity index (χ0) is 13.2. The maximum absolute atomic E-state index is 12.0. The molecule has 1 aromatic rings. The van der Waals surface area contributed by atoms with Gasteiger partial charge in [0, 0.05) is 6.20 Å². The topological polar surface area (TPSA) is 82.3 Å². The summed E-state index contributed by atoms with van der Waals surface area (Å²) in [6.07, 6.45) is 3.83. The van der Waals surface area contributed by atoms with Crippen LogP contribution in [0, 0.1) is 0 Å². The summed E-state index contributed by atoms with van der Waals surface area (Å²) in [4.78, 5) is 4.18. The molecule has 0 radical (unpaired) electrons. The van der Waals surface area contributed by atoms with Gasteiger partial charge in [-0.15, -0.1) is 0 Å². The molecule has 0 saturated carbocycles. The monoisotopic (exact) mass is 270 g/mol. The van der Waals surface area contributed by atoms with E-state index in [1.807, 2.05) is 0 Å². The van der Waals surface area contributed by atoms with Crippen LogP contribution in [0.15, 0.2) is 18.3 Å². The van der Waals surface area contributed by atoms with Gasteiger partial charge in [-0.1, -0.05) is 6.42 Å². The van der Waals surface area contributed by atoms with Gasteiger partial charge in [0.2, 0.25) is 0 Å². The SMILES string of the molecule is COc1cccnc1C(N)C1CCCCS1(=O)=O. The molecule has 2 atom stereocenters. The van der Waals surface area contributed by atoms with E-state index in [0.29, 0.717) is 17.9 Å². The van der Waals surface area contributed by atoms with E-state index in [1.54, 1.807) is 18.3 Å². The molecule has 1 fully saturated rings. The zero-order valence-corrected chi connectivity index (χ0v) is 11.2. The average Bonchev–Trinajstić information content (AvgIpc) is 2.37. The highest BCUT2D eigenvalue weighted by Crippen LogP contribution is 2.31. The second-order valence-corrected chi connectivity index (χ2v) is 6.86. The van der Waals surface area contributed by atoms with Crippen LogP contribution in [0.4, 0.5) is 0 Å². The molecular formula is C12H18N2O3S. The van der Waals surface area contributed by atoms with Gasteiger partial charge in [0.15, 0.2) is 9.84 Å². The first-order valence-electron chi connectivity index (χ1n) is 6.02. The fourth-order valence-electron chi connectivity index (χ4n) is 2.38. The Morgan fingerprint density at radius 2 is 2.28 bits per heavy atom. The fraction of sp³-hybridized carbons (Fsp3) is 0.583. The highest BCUT2D eigenvalue weighted by molar-refractivity contribution is 7.92. The van der Waals surface area contributed by atoms with Gasteiger partial charge in [-0.3, -0.25) is 4.98 Å². The molecule has 1 aliphatic heterocycles. The first-order chi connectivity index (χ1) is 8.56. The first-order valence-corrected chi connectivity index (χ1v) is 7.74. The Kier molecular flexibility index (Phi) is 3.87. The molecule has 100 valence electrons. The average molecular weight is 270 g/mol. The van der Waals surface area contributed by atoms with Crippen molar-refractivity contribution in [3.63, 3.8) is 0 Å². The van der Waals surface area contributed by atoms with E-state index in [0.717, 1.165) is 12.8 Å². The number of hydrogen-bond donors (Lipinski definition) is 1. The Morgan fingerprint density at radius 3 is 2.94 bits per heavy atom. The summed E-state index contributed by atoms with van der Waals surface area (Å²) in [6.45, 7) is 0. The Morgan fingerprint density at radius 1 is 1.50 bits per heavy atom. The summed E-state index contributed by atoms with van der Waals surface area (Å²) >= 11 is 0. The number of hydrogen-bond acceptors (Lipinski definition) is 5. The number of rotatable bonds is 3.